The maximum atomic E-state index is 11.5. The van der Waals surface area contributed by atoms with E-state index in [1.807, 2.05) is 37.3 Å². The van der Waals surface area contributed by atoms with Crippen LogP contribution >= 0.6 is 0 Å². The lowest BCUT2D eigenvalue weighted by Crippen LogP contribution is -1.95. The fourth-order valence-electron chi connectivity index (χ4n) is 2.72. The smallest absolute Gasteiger partial charge is 0.160 e. The highest BCUT2D eigenvalue weighted by Crippen LogP contribution is 2.26. The molecule has 0 spiro atoms. The first-order valence-corrected chi connectivity index (χ1v) is 7.42. The van der Waals surface area contributed by atoms with Gasteiger partial charge in [0.05, 0.1) is 0 Å². The molecule has 0 fully saturated rings. The molecule has 3 aromatic rings. The largest absolute Gasteiger partial charge is 0.295 e. The van der Waals surface area contributed by atoms with Gasteiger partial charge in [-0.15, -0.1) is 0 Å². The fourth-order valence-corrected chi connectivity index (χ4v) is 2.72. The highest BCUT2D eigenvalue weighted by Gasteiger charge is 2.06. The first-order valence-electron chi connectivity index (χ1n) is 7.42. The monoisotopic (exact) mass is 286 g/mol. The third kappa shape index (κ3) is 2.84. The van der Waals surface area contributed by atoms with Crippen LogP contribution in [0.5, 0.6) is 0 Å². The Morgan fingerprint density at radius 2 is 1.18 bits per heavy atom. The molecule has 1 heteroatoms. The summed E-state index contributed by atoms with van der Waals surface area (Å²) >= 11 is 0. The van der Waals surface area contributed by atoms with Gasteiger partial charge in [-0.25, -0.2) is 0 Å². The van der Waals surface area contributed by atoms with Crippen molar-refractivity contribution in [2.24, 2.45) is 0 Å². The van der Waals surface area contributed by atoms with Crippen LogP contribution in [0.1, 0.15) is 22.8 Å². The molecule has 0 aromatic heterocycles. The SMILES string of the molecule is CC(=O)c1ccc(-c2ccc(-c3ccccc3)cc2)cc1C. The Morgan fingerprint density at radius 3 is 1.73 bits per heavy atom. The average molecular weight is 286 g/mol. The maximum Gasteiger partial charge on any atom is 0.160 e. The molecule has 3 rings (SSSR count). The molecule has 0 aliphatic heterocycles. The summed E-state index contributed by atoms with van der Waals surface area (Å²) in [5.74, 6) is 0.114. The van der Waals surface area contributed by atoms with Crippen molar-refractivity contribution in [1.82, 2.24) is 0 Å². The molecule has 1 nitrogen and oxygen atoms in total. The van der Waals surface area contributed by atoms with Crippen molar-refractivity contribution in [2.45, 2.75) is 13.8 Å². The van der Waals surface area contributed by atoms with Gasteiger partial charge in [-0.05, 0) is 41.7 Å². The van der Waals surface area contributed by atoms with Gasteiger partial charge in [-0.2, -0.15) is 0 Å². The molecule has 0 saturated heterocycles. The van der Waals surface area contributed by atoms with Crippen molar-refractivity contribution < 1.29 is 4.79 Å². The first kappa shape index (κ1) is 14.3. The number of benzene rings is 3. The van der Waals surface area contributed by atoms with Crippen LogP contribution in [-0.4, -0.2) is 5.78 Å². The van der Waals surface area contributed by atoms with Gasteiger partial charge in [0.15, 0.2) is 5.78 Å². The van der Waals surface area contributed by atoms with Gasteiger partial charge < -0.3 is 0 Å². The lowest BCUT2D eigenvalue weighted by Gasteiger charge is -2.08. The van der Waals surface area contributed by atoms with Crippen molar-refractivity contribution in [2.75, 3.05) is 0 Å². The molecule has 0 radical (unpaired) electrons. The minimum absolute atomic E-state index is 0.114. The van der Waals surface area contributed by atoms with E-state index in [1.54, 1.807) is 6.92 Å². The third-order valence-corrected chi connectivity index (χ3v) is 3.93. The molecule has 0 amide bonds. The first-order chi connectivity index (χ1) is 10.6. The molecule has 0 unspecified atom stereocenters. The van der Waals surface area contributed by atoms with E-state index in [-0.39, 0.29) is 5.78 Å². The number of carbonyl (C=O) groups excluding carboxylic acids is 1. The Balaban J connectivity index is 1.93. The number of aryl methyl sites for hydroxylation is 1. The Labute approximate surface area is 131 Å². The molecular weight excluding hydrogens is 268 g/mol. The molecule has 0 N–H and O–H groups in total. The summed E-state index contributed by atoms with van der Waals surface area (Å²) in [6.07, 6.45) is 0. The van der Waals surface area contributed by atoms with Crippen molar-refractivity contribution in [3.8, 4) is 22.3 Å². The molecule has 22 heavy (non-hydrogen) atoms. The zero-order valence-corrected chi connectivity index (χ0v) is 12.8. The zero-order valence-electron chi connectivity index (χ0n) is 12.8. The predicted octanol–water partition coefficient (Wildman–Crippen LogP) is 5.53. The molecule has 0 bridgehead atoms. The van der Waals surface area contributed by atoms with Crippen LogP contribution in [-0.2, 0) is 0 Å². The van der Waals surface area contributed by atoms with E-state index < -0.39 is 0 Å². The van der Waals surface area contributed by atoms with Crippen LogP contribution in [0.15, 0.2) is 72.8 Å². The molecule has 3 aromatic carbocycles. The Bertz CT molecular complexity index is 799. The molecule has 0 aliphatic carbocycles. The van der Waals surface area contributed by atoms with E-state index in [2.05, 4.69) is 42.5 Å². The van der Waals surface area contributed by atoms with E-state index in [0.29, 0.717) is 0 Å². The van der Waals surface area contributed by atoms with Gasteiger partial charge in [0.25, 0.3) is 0 Å². The van der Waals surface area contributed by atoms with Crippen molar-refractivity contribution >= 4 is 5.78 Å². The number of ketones is 1. The fraction of sp³-hybridized carbons (Fsp3) is 0.0952. The van der Waals surface area contributed by atoms with Gasteiger partial charge in [0, 0.05) is 5.56 Å². The standard InChI is InChI=1S/C21H18O/c1-15-14-20(12-13-21(15)16(2)22)19-10-8-18(9-11-19)17-6-4-3-5-7-17/h3-14H,1-2H3. The maximum absolute atomic E-state index is 11.5. The van der Waals surface area contributed by atoms with Crippen LogP contribution in [0.2, 0.25) is 0 Å². The average Bonchev–Trinajstić information content (AvgIpc) is 2.55. The predicted molar refractivity (Wildman–Crippen MR) is 92.1 cm³/mol. The molecule has 0 aliphatic rings. The normalized spacial score (nSPS) is 10.5. The van der Waals surface area contributed by atoms with Gasteiger partial charge in [0.2, 0.25) is 0 Å². The molecule has 0 saturated carbocycles. The third-order valence-electron chi connectivity index (χ3n) is 3.93. The quantitative estimate of drug-likeness (QED) is 0.578. The number of carbonyl (C=O) groups is 1. The zero-order chi connectivity index (χ0) is 15.5. The molecule has 0 atom stereocenters. The summed E-state index contributed by atoms with van der Waals surface area (Å²) in [7, 11) is 0. The second-order valence-corrected chi connectivity index (χ2v) is 5.53. The topological polar surface area (TPSA) is 17.1 Å². The van der Waals surface area contributed by atoms with Crippen LogP contribution in [0.25, 0.3) is 22.3 Å². The summed E-state index contributed by atoms with van der Waals surface area (Å²) < 4.78 is 0. The van der Waals surface area contributed by atoms with Gasteiger partial charge in [-0.3, -0.25) is 4.79 Å². The van der Waals surface area contributed by atoms with Crippen LogP contribution in [0.3, 0.4) is 0 Å². The summed E-state index contributed by atoms with van der Waals surface area (Å²) in [5.41, 5.74) is 6.56. The van der Waals surface area contributed by atoms with E-state index in [9.17, 15) is 4.79 Å². The van der Waals surface area contributed by atoms with Crippen molar-refractivity contribution in [3.05, 3.63) is 83.9 Å². The second kappa shape index (κ2) is 5.98. The van der Waals surface area contributed by atoms with E-state index in [1.165, 1.54) is 11.1 Å². The number of Topliss-reactive ketones (excluding diaryl/α,β-unsaturated/α-hetero) is 1. The Kier molecular flexibility index (Phi) is 3.88. The highest BCUT2D eigenvalue weighted by molar-refractivity contribution is 5.96. The lowest BCUT2D eigenvalue weighted by molar-refractivity contribution is 0.101. The molecule has 108 valence electrons. The summed E-state index contributed by atoms with van der Waals surface area (Å²) in [6, 6.07) is 24.9. The van der Waals surface area contributed by atoms with Crippen LogP contribution in [0, 0.1) is 6.92 Å². The summed E-state index contributed by atoms with van der Waals surface area (Å²) in [5, 5.41) is 0. The van der Waals surface area contributed by atoms with Crippen LogP contribution < -0.4 is 0 Å². The lowest BCUT2D eigenvalue weighted by atomic mass is 9.96. The van der Waals surface area contributed by atoms with Crippen molar-refractivity contribution in [1.29, 1.82) is 0 Å². The Morgan fingerprint density at radius 1 is 0.682 bits per heavy atom. The van der Waals surface area contributed by atoms with Gasteiger partial charge >= 0.3 is 0 Å². The van der Waals surface area contributed by atoms with E-state index in [4.69, 9.17) is 0 Å². The van der Waals surface area contributed by atoms with Gasteiger partial charge in [-0.1, -0.05) is 72.8 Å². The van der Waals surface area contributed by atoms with Gasteiger partial charge in [0.1, 0.15) is 0 Å². The summed E-state index contributed by atoms with van der Waals surface area (Å²) in [6.45, 7) is 3.59. The van der Waals surface area contributed by atoms with E-state index >= 15 is 0 Å². The highest BCUT2D eigenvalue weighted by atomic mass is 16.1. The molecule has 0 heterocycles. The number of hydrogen-bond donors (Lipinski definition) is 0. The van der Waals surface area contributed by atoms with Crippen LogP contribution in [0.4, 0.5) is 0 Å². The number of hydrogen-bond acceptors (Lipinski definition) is 1. The Hall–Kier alpha value is -2.67. The van der Waals surface area contributed by atoms with E-state index in [0.717, 1.165) is 22.3 Å². The minimum Gasteiger partial charge on any atom is -0.295 e. The molecular formula is C21H18O. The second-order valence-electron chi connectivity index (χ2n) is 5.53. The number of rotatable bonds is 3. The minimum atomic E-state index is 0.114. The summed E-state index contributed by atoms with van der Waals surface area (Å²) in [4.78, 5) is 11.5. The van der Waals surface area contributed by atoms with Crippen molar-refractivity contribution in [3.63, 3.8) is 0 Å².